The quantitative estimate of drug-likeness (QED) is 0.330. The fourth-order valence-corrected chi connectivity index (χ4v) is 1.91. The summed E-state index contributed by atoms with van der Waals surface area (Å²) in [5.41, 5.74) is 0.483. The third-order valence-corrected chi connectivity index (χ3v) is 3.62. The lowest BCUT2D eigenvalue weighted by Gasteiger charge is -2.13. The molecule has 1 N–H and O–H groups in total. The van der Waals surface area contributed by atoms with Crippen molar-refractivity contribution in [3.63, 3.8) is 0 Å². The number of para-hydroxylation sites is 1. The first kappa shape index (κ1) is 16.9. The number of hydrogen-bond acceptors (Lipinski definition) is 4. The van der Waals surface area contributed by atoms with Crippen LogP contribution in [0, 0.1) is 10.1 Å². The largest absolute Gasteiger partial charge is 0.479 e. The lowest BCUT2D eigenvalue weighted by molar-refractivity contribution is -0.385. The van der Waals surface area contributed by atoms with Gasteiger partial charge in [-0.05, 0) is 18.9 Å². The fourth-order valence-electron chi connectivity index (χ4n) is 1.50. The van der Waals surface area contributed by atoms with Gasteiger partial charge in [0.1, 0.15) is 0 Å². The van der Waals surface area contributed by atoms with E-state index in [4.69, 9.17) is 21.4 Å². The molecule has 1 aromatic carbocycles. The van der Waals surface area contributed by atoms with E-state index in [1.165, 1.54) is 6.07 Å². The van der Waals surface area contributed by atoms with Crippen molar-refractivity contribution in [3.8, 4) is 0 Å². The lowest BCUT2D eigenvalue weighted by Crippen LogP contribution is -2.25. The number of carbonyl (C=O) groups is 1. The molecule has 20 heavy (non-hydrogen) atoms. The van der Waals surface area contributed by atoms with Gasteiger partial charge in [0.15, 0.2) is 3.78 Å². The van der Waals surface area contributed by atoms with Crippen LogP contribution in [0.15, 0.2) is 24.3 Å². The molecule has 0 aromatic heterocycles. The second-order valence-electron chi connectivity index (χ2n) is 4.05. The van der Waals surface area contributed by atoms with Crippen LogP contribution in [0.1, 0.15) is 18.4 Å². The predicted molar refractivity (Wildman–Crippen MR) is 77.1 cm³/mol. The van der Waals surface area contributed by atoms with Gasteiger partial charge in [-0.3, -0.25) is 10.1 Å². The van der Waals surface area contributed by atoms with Crippen molar-refractivity contribution >= 4 is 39.2 Å². The van der Waals surface area contributed by atoms with Crippen molar-refractivity contribution in [1.82, 2.24) is 0 Å². The van der Waals surface area contributed by atoms with Crippen LogP contribution in [0.2, 0.25) is 0 Å². The summed E-state index contributed by atoms with van der Waals surface area (Å²) in [5, 5.41) is 19.6. The highest BCUT2D eigenvalue weighted by Gasteiger charge is 2.31. The molecule has 0 saturated carbocycles. The van der Waals surface area contributed by atoms with Crippen LogP contribution < -0.4 is 0 Å². The van der Waals surface area contributed by atoms with E-state index in [2.05, 4.69) is 15.9 Å². The molecule has 8 heteroatoms. The number of nitrogens with zero attached hydrogens (tertiary/aromatic N) is 1. The molecule has 0 aliphatic carbocycles. The Morgan fingerprint density at radius 1 is 1.50 bits per heavy atom. The van der Waals surface area contributed by atoms with E-state index < -0.39 is 14.7 Å². The van der Waals surface area contributed by atoms with Crippen molar-refractivity contribution in [3.05, 3.63) is 39.9 Å². The Kier molecular flexibility index (Phi) is 6.38. The van der Waals surface area contributed by atoms with Crippen molar-refractivity contribution in [2.75, 3.05) is 6.61 Å². The van der Waals surface area contributed by atoms with E-state index in [9.17, 15) is 14.9 Å². The van der Waals surface area contributed by atoms with E-state index in [0.29, 0.717) is 12.0 Å². The van der Waals surface area contributed by atoms with Gasteiger partial charge in [0.05, 0.1) is 17.1 Å². The molecule has 0 spiro atoms. The first-order valence-corrected chi connectivity index (χ1v) is 6.93. The molecule has 0 aliphatic rings. The maximum atomic E-state index is 10.8. The molecular formula is C12H13BrClNO5. The highest BCUT2D eigenvalue weighted by atomic mass is 79.9. The van der Waals surface area contributed by atoms with Crippen LogP contribution in [-0.4, -0.2) is 26.4 Å². The van der Waals surface area contributed by atoms with E-state index in [0.717, 1.165) is 0 Å². The number of rotatable bonds is 8. The fraction of sp³-hybridized carbons (Fsp3) is 0.417. The minimum atomic E-state index is -1.49. The number of carboxylic acids is 1. The summed E-state index contributed by atoms with van der Waals surface area (Å²) in [6.45, 7) is 0.362. The van der Waals surface area contributed by atoms with Gasteiger partial charge in [-0.15, -0.1) is 0 Å². The zero-order valence-electron chi connectivity index (χ0n) is 10.4. The maximum Gasteiger partial charge on any atom is 0.335 e. The highest BCUT2D eigenvalue weighted by molar-refractivity contribution is 9.10. The highest BCUT2D eigenvalue weighted by Crippen LogP contribution is 2.29. The molecule has 1 unspecified atom stereocenters. The van der Waals surface area contributed by atoms with Crippen LogP contribution in [0.5, 0.6) is 0 Å². The Labute approximate surface area is 129 Å². The molecule has 0 fully saturated rings. The number of ether oxygens (including phenoxy) is 1. The van der Waals surface area contributed by atoms with Gasteiger partial charge in [-0.1, -0.05) is 39.7 Å². The van der Waals surface area contributed by atoms with Gasteiger partial charge in [0.25, 0.3) is 5.69 Å². The molecule has 1 atom stereocenters. The summed E-state index contributed by atoms with van der Waals surface area (Å²) in [6.07, 6.45) is 0.600. The van der Waals surface area contributed by atoms with E-state index >= 15 is 0 Å². The van der Waals surface area contributed by atoms with Crippen molar-refractivity contribution in [2.24, 2.45) is 0 Å². The van der Waals surface area contributed by atoms with Crippen LogP contribution in [0.4, 0.5) is 5.69 Å². The number of benzene rings is 1. The van der Waals surface area contributed by atoms with Crippen LogP contribution in [-0.2, 0) is 16.1 Å². The molecule has 0 aliphatic heterocycles. The zero-order valence-corrected chi connectivity index (χ0v) is 12.8. The lowest BCUT2D eigenvalue weighted by atomic mass is 10.2. The molecule has 0 amide bonds. The molecule has 110 valence electrons. The predicted octanol–water partition coefficient (Wildman–Crippen LogP) is 3.31. The Bertz CT molecular complexity index is 494. The van der Waals surface area contributed by atoms with Crippen molar-refractivity contribution < 1.29 is 19.6 Å². The monoisotopic (exact) mass is 365 g/mol. The second kappa shape index (κ2) is 7.56. The Morgan fingerprint density at radius 2 is 2.15 bits per heavy atom. The molecule has 0 saturated heterocycles. The standard InChI is InChI=1S/C12H13BrClNO5/c13-12(14,11(16)17)6-3-7-20-8-9-4-1-2-5-10(9)15(18)19/h1-2,4-5H,3,6-8H2,(H,16,17). The summed E-state index contributed by atoms with van der Waals surface area (Å²) in [4.78, 5) is 21.0. The van der Waals surface area contributed by atoms with Gasteiger partial charge < -0.3 is 9.84 Å². The van der Waals surface area contributed by atoms with Gasteiger partial charge >= 0.3 is 5.97 Å². The second-order valence-corrected chi connectivity index (χ2v) is 6.51. The molecule has 1 aromatic rings. The number of nitro benzene ring substituents is 1. The normalized spacial score (nSPS) is 13.7. The van der Waals surface area contributed by atoms with E-state index in [1.54, 1.807) is 18.2 Å². The zero-order chi connectivity index (χ0) is 15.2. The minimum absolute atomic E-state index is 0.00483. The number of hydrogen-bond donors (Lipinski definition) is 1. The van der Waals surface area contributed by atoms with Gasteiger partial charge in [-0.2, -0.15) is 0 Å². The van der Waals surface area contributed by atoms with Gasteiger partial charge in [-0.25, -0.2) is 4.79 Å². The maximum absolute atomic E-state index is 10.8. The smallest absolute Gasteiger partial charge is 0.335 e. The third kappa shape index (κ3) is 5.07. The summed E-state index contributed by atoms with van der Waals surface area (Å²) in [5.74, 6) is -1.15. The summed E-state index contributed by atoms with van der Waals surface area (Å²) < 4.78 is 3.82. The summed E-state index contributed by atoms with van der Waals surface area (Å²) in [6, 6.07) is 6.30. The number of carboxylic acid groups (broad SMARTS) is 1. The molecule has 0 heterocycles. The summed E-state index contributed by atoms with van der Waals surface area (Å²) in [7, 11) is 0. The minimum Gasteiger partial charge on any atom is -0.479 e. The number of aliphatic carboxylic acids is 1. The van der Waals surface area contributed by atoms with E-state index in [-0.39, 0.29) is 25.3 Å². The number of nitro groups is 1. The first-order valence-electron chi connectivity index (χ1n) is 5.76. The van der Waals surface area contributed by atoms with Crippen molar-refractivity contribution in [2.45, 2.75) is 23.2 Å². The number of halogens is 2. The topological polar surface area (TPSA) is 89.7 Å². The SMILES string of the molecule is O=C(O)C(Cl)(Br)CCCOCc1ccccc1[N+](=O)[O-]. The third-order valence-electron chi connectivity index (χ3n) is 2.54. The molecule has 0 radical (unpaired) electrons. The average molecular weight is 367 g/mol. The summed E-state index contributed by atoms with van der Waals surface area (Å²) >= 11 is 8.60. The van der Waals surface area contributed by atoms with Crippen molar-refractivity contribution in [1.29, 1.82) is 0 Å². The van der Waals surface area contributed by atoms with Gasteiger partial charge in [0, 0.05) is 12.7 Å². The Morgan fingerprint density at radius 3 is 2.75 bits per heavy atom. The Balaban J connectivity index is 2.39. The number of alkyl halides is 2. The molecule has 0 bridgehead atoms. The van der Waals surface area contributed by atoms with Crippen LogP contribution in [0.3, 0.4) is 0 Å². The molecular weight excluding hydrogens is 353 g/mol. The van der Waals surface area contributed by atoms with Crippen LogP contribution >= 0.6 is 27.5 Å². The molecule has 1 rings (SSSR count). The Hall–Kier alpha value is -1.18. The average Bonchev–Trinajstić information content (AvgIpc) is 2.38. The van der Waals surface area contributed by atoms with Gasteiger partial charge in [0.2, 0.25) is 0 Å². The van der Waals surface area contributed by atoms with Crippen LogP contribution in [0.25, 0.3) is 0 Å². The molecule has 6 nitrogen and oxygen atoms in total. The first-order chi connectivity index (χ1) is 9.34. The van der Waals surface area contributed by atoms with E-state index in [1.807, 2.05) is 0 Å².